The van der Waals surface area contributed by atoms with E-state index in [-0.39, 0.29) is 52.4 Å². The molecule has 0 bridgehead atoms. The Morgan fingerprint density at radius 1 is 0.889 bits per heavy atom. The van der Waals surface area contributed by atoms with Crippen LogP contribution in [0.2, 0.25) is 0 Å². The van der Waals surface area contributed by atoms with Gasteiger partial charge in [-0.15, -0.1) is 0 Å². The molecule has 3 heterocycles. The largest absolute Gasteiger partial charge is 0.459 e. The van der Waals surface area contributed by atoms with Crippen LogP contribution in [0.25, 0.3) is 0 Å². The van der Waals surface area contributed by atoms with Gasteiger partial charge in [-0.25, -0.2) is 0 Å². The molecule has 7 nitrogen and oxygen atoms in total. The third kappa shape index (κ3) is 3.28. The topological polar surface area (TPSA) is 91.4 Å². The maximum atomic E-state index is 13.8. The molecule has 7 aliphatic rings. The van der Waals surface area contributed by atoms with E-state index >= 15 is 0 Å². The van der Waals surface area contributed by atoms with Gasteiger partial charge in [-0.05, 0) is 55.9 Å². The summed E-state index contributed by atoms with van der Waals surface area (Å²) < 4.78 is 27.3. The van der Waals surface area contributed by atoms with E-state index in [9.17, 15) is 14.4 Å². The summed E-state index contributed by atoms with van der Waals surface area (Å²) >= 11 is 0. The van der Waals surface area contributed by atoms with Crippen molar-refractivity contribution in [1.29, 1.82) is 0 Å². The van der Waals surface area contributed by atoms with Crippen LogP contribution in [0, 0.1) is 39.4 Å². The van der Waals surface area contributed by atoms with Gasteiger partial charge in [-0.1, -0.05) is 78.8 Å². The number of hydrogen-bond acceptors (Lipinski definition) is 7. The monoisotopic (exact) mass is 618 g/mol. The molecule has 45 heavy (non-hydrogen) atoms. The molecule has 2 spiro atoms. The van der Waals surface area contributed by atoms with Crippen molar-refractivity contribution >= 4 is 17.7 Å². The number of ketones is 1. The fraction of sp³-hybridized carbons (Fsp3) is 0.763. The highest BCUT2D eigenvalue weighted by molar-refractivity contribution is 5.86. The fourth-order valence-electron chi connectivity index (χ4n) is 13.0. The van der Waals surface area contributed by atoms with Crippen LogP contribution in [0.15, 0.2) is 30.3 Å². The first-order valence-electron chi connectivity index (χ1n) is 17.5. The number of epoxide rings is 1. The first-order chi connectivity index (χ1) is 21.1. The Balaban J connectivity index is 1.22. The van der Waals surface area contributed by atoms with Gasteiger partial charge in [0.2, 0.25) is 5.79 Å². The average molecular weight is 619 g/mol. The van der Waals surface area contributed by atoms with Crippen LogP contribution in [-0.2, 0) is 39.8 Å². The molecule has 4 aliphatic carbocycles. The molecule has 0 aromatic heterocycles. The van der Waals surface area contributed by atoms with Crippen LogP contribution >= 0.6 is 0 Å². The molecular formula is C38H50O7. The molecule has 0 amide bonds. The lowest BCUT2D eigenvalue weighted by atomic mass is 9.37. The maximum absolute atomic E-state index is 13.8. The van der Waals surface area contributed by atoms with Crippen LogP contribution in [0.1, 0.15) is 112 Å². The van der Waals surface area contributed by atoms with Crippen LogP contribution in [-0.4, -0.2) is 46.4 Å². The summed E-state index contributed by atoms with van der Waals surface area (Å²) in [5.74, 6) is -0.893. The third-order valence-electron chi connectivity index (χ3n) is 15.4. The first-order valence-corrected chi connectivity index (χ1v) is 17.5. The summed E-state index contributed by atoms with van der Waals surface area (Å²) in [7, 11) is 0. The second-order valence-electron chi connectivity index (χ2n) is 17.4. The highest BCUT2D eigenvalue weighted by Crippen LogP contribution is 2.87. The van der Waals surface area contributed by atoms with Gasteiger partial charge >= 0.3 is 11.9 Å². The minimum atomic E-state index is -0.861. The van der Waals surface area contributed by atoms with Gasteiger partial charge < -0.3 is 18.9 Å². The highest BCUT2D eigenvalue weighted by Gasteiger charge is 2.95. The van der Waals surface area contributed by atoms with Crippen molar-refractivity contribution in [3.8, 4) is 0 Å². The minimum absolute atomic E-state index is 0.0454. The lowest BCUT2D eigenvalue weighted by molar-refractivity contribution is -0.266. The molecule has 3 aliphatic heterocycles. The molecule has 1 aromatic rings. The van der Waals surface area contributed by atoms with E-state index in [1.807, 2.05) is 37.3 Å². The standard InChI is InChI=1S/C38H50O7/c1-23-21-35(43-30(23)41)22-24(2)36(44-35)17-15-34(7)33(36,6)16-18-37-32(5)14-13-27(39)31(3,4)26(32)20-28(38(34,37)45-37)42-29(40)19-25-11-9-8-10-12-25/h8-12,23-24,26,28H,13-22H2,1-7H3/t23-,24-,26+,28+,32+,33+,34-,35-,36-,37+,38+/m1/s1. The van der Waals surface area contributed by atoms with E-state index in [4.69, 9.17) is 18.9 Å². The number of Topliss-reactive ketones (excluding diaryl/α,β-unsaturated/α-hetero) is 1. The normalized spacial score (nSPS) is 52.2. The summed E-state index contributed by atoms with van der Waals surface area (Å²) in [5, 5.41) is 0. The third-order valence-corrected chi connectivity index (χ3v) is 15.4. The Labute approximate surface area is 267 Å². The summed E-state index contributed by atoms with van der Waals surface area (Å²) in [6.07, 6.45) is 6.50. The van der Waals surface area contributed by atoms with Gasteiger partial charge in [-0.2, -0.15) is 0 Å². The Bertz CT molecular complexity index is 1490. The summed E-state index contributed by atoms with van der Waals surface area (Å²) in [5.41, 5.74) is -2.10. The number of hydrogen-bond donors (Lipinski definition) is 0. The van der Waals surface area contributed by atoms with Gasteiger partial charge in [0.05, 0.1) is 17.9 Å². The van der Waals surface area contributed by atoms with Crippen molar-refractivity contribution in [2.75, 3.05) is 0 Å². The van der Waals surface area contributed by atoms with Crippen molar-refractivity contribution in [2.45, 2.75) is 141 Å². The van der Waals surface area contributed by atoms with E-state index in [2.05, 4.69) is 41.5 Å². The number of fused-ring (bicyclic) bond motifs is 3. The van der Waals surface area contributed by atoms with Gasteiger partial charge in [0.1, 0.15) is 23.1 Å². The number of esters is 2. The molecule has 0 radical (unpaired) electrons. The SMILES string of the molecule is C[C@@H]1C[C@@]2(C[C@@H](C)[C@@]3(CC[C@]4(C)[C@]3(C)CC[C@@]35O[C@@]43[C@@H](OC(=O)Cc3ccccc3)C[C@H]3C(C)(C)C(=O)CC[C@@]35C)O2)OC1=O. The number of carbonyl (C=O) groups excluding carboxylic acids is 3. The van der Waals surface area contributed by atoms with E-state index in [1.165, 1.54) is 0 Å². The molecular weight excluding hydrogens is 568 g/mol. The van der Waals surface area contributed by atoms with Gasteiger partial charge in [0.25, 0.3) is 0 Å². The molecule has 0 N–H and O–H groups in total. The van der Waals surface area contributed by atoms with Crippen LogP contribution in [0.5, 0.6) is 0 Å². The molecule has 11 atom stereocenters. The van der Waals surface area contributed by atoms with E-state index in [0.717, 1.165) is 37.7 Å². The molecule has 244 valence electrons. The van der Waals surface area contributed by atoms with Crippen molar-refractivity contribution in [3.63, 3.8) is 0 Å². The Hall–Kier alpha value is -2.25. The number of benzene rings is 1. The van der Waals surface area contributed by atoms with Crippen molar-refractivity contribution in [2.24, 2.45) is 39.4 Å². The summed E-state index contributed by atoms with van der Waals surface area (Å²) in [6.45, 7) is 15.6. The molecule has 8 rings (SSSR count). The van der Waals surface area contributed by atoms with Crippen molar-refractivity contribution in [1.82, 2.24) is 0 Å². The van der Waals surface area contributed by atoms with Crippen molar-refractivity contribution in [3.05, 3.63) is 35.9 Å². The van der Waals surface area contributed by atoms with E-state index in [1.54, 1.807) is 0 Å². The molecule has 1 aromatic carbocycles. The molecule has 7 heteroatoms. The van der Waals surface area contributed by atoms with Crippen molar-refractivity contribution < 1.29 is 33.3 Å². The summed E-state index contributed by atoms with van der Waals surface area (Å²) in [4.78, 5) is 39.8. The lowest BCUT2D eigenvalue weighted by Gasteiger charge is -2.64. The Morgan fingerprint density at radius 2 is 1.60 bits per heavy atom. The molecule has 4 saturated carbocycles. The Kier molecular flexibility index (Phi) is 5.89. The van der Waals surface area contributed by atoms with Crippen LogP contribution in [0.4, 0.5) is 0 Å². The second-order valence-corrected chi connectivity index (χ2v) is 17.4. The van der Waals surface area contributed by atoms with E-state index in [0.29, 0.717) is 31.5 Å². The zero-order chi connectivity index (χ0) is 32.1. The number of rotatable bonds is 3. The van der Waals surface area contributed by atoms with Gasteiger partial charge in [0.15, 0.2) is 0 Å². The van der Waals surface area contributed by atoms with E-state index < -0.39 is 34.1 Å². The molecule has 0 unspecified atom stereocenters. The van der Waals surface area contributed by atoms with Crippen LogP contribution in [0.3, 0.4) is 0 Å². The first kappa shape index (κ1) is 30.1. The van der Waals surface area contributed by atoms with Gasteiger partial charge in [-0.3, -0.25) is 14.4 Å². The highest BCUT2D eigenvalue weighted by atomic mass is 16.7. The second kappa shape index (κ2) is 8.80. The smallest absolute Gasteiger partial charge is 0.311 e. The lowest BCUT2D eigenvalue weighted by Crippen LogP contribution is -2.72. The minimum Gasteiger partial charge on any atom is -0.459 e. The fourth-order valence-corrected chi connectivity index (χ4v) is 13.0. The number of carbonyl (C=O) groups is 3. The zero-order valence-corrected chi connectivity index (χ0v) is 28.1. The molecule has 3 saturated heterocycles. The predicted molar refractivity (Wildman–Crippen MR) is 166 cm³/mol. The quantitative estimate of drug-likeness (QED) is 0.274. The zero-order valence-electron chi connectivity index (χ0n) is 28.1. The Morgan fingerprint density at radius 3 is 2.29 bits per heavy atom. The number of ether oxygens (including phenoxy) is 4. The van der Waals surface area contributed by atoms with Gasteiger partial charge in [0, 0.05) is 40.9 Å². The summed E-state index contributed by atoms with van der Waals surface area (Å²) in [6, 6.07) is 9.77. The maximum Gasteiger partial charge on any atom is 0.311 e. The predicted octanol–water partition coefficient (Wildman–Crippen LogP) is 6.74. The van der Waals surface area contributed by atoms with Crippen LogP contribution < -0.4 is 0 Å². The average Bonchev–Trinajstić information content (AvgIpc) is 3.46. The molecule has 7 fully saturated rings.